The number of rotatable bonds is 5. The number of anilines is 2. The molecule has 142 valence electrons. The molecule has 0 unspecified atom stereocenters. The molecule has 28 heavy (non-hydrogen) atoms. The summed E-state index contributed by atoms with van der Waals surface area (Å²) in [6.07, 6.45) is 2.30. The van der Waals surface area contributed by atoms with Crippen molar-refractivity contribution < 1.29 is 9.59 Å². The summed E-state index contributed by atoms with van der Waals surface area (Å²) >= 11 is 0. The molecule has 3 aromatic rings. The lowest BCUT2D eigenvalue weighted by Gasteiger charge is -2.17. The number of aromatic nitrogens is 1. The van der Waals surface area contributed by atoms with Crippen LogP contribution >= 0.6 is 0 Å². The zero-order valence-electron chi connectivity index (χ0n) is 16.3. The molecule has 0 radical (unpaired) electrons. The Balaban J connectivity index is 1.83. The molecule has 0 aliphatic heterocycles. The first-order valence-corrected chi connectivity index (χ1v) is 9.20. The number of carbonyl (C=O) groups excluding carboxylic acids is 2. The molecule has 0 saturated heterocycles. The van der Waals surface area contributed by atoms with E-state index in [9.17, 15) is 9.59 Å². The number of hydrogen-bond donors (Lipinski definition) is 1. The molecule has 0 fully saturated rings. The first-order chi connectivity index (χ1) is 13.5. The predicted octanol–water partition coefficient (Wildman–Crippen LogP) is 4.48. The predicted molar refractivity (Wildman–Crippen MR) is 112 cm³/mol. The van der Waals surface area contributed by atoms with Crippen LogP contribution in [0.4, 0.5) is 11.4 Å². The number of pyridine rings is 1. The molecular weight excluding hydrogens is 350 g/mol. The molecule has 5 nitrogen and oxygen atoms in total. The Labute approximate surface area is 165 Å². The third-order valence-electron chi connectivity index (χ3n) is 4.67. The quantitative estimate of drug-likeness (QED) is 0.717. The van der Waals surface area contributed by atoms with Crippen molar-refractivity contribution in [3.05, 3.63) is 89.2 Å². The molecule has 0 bridgehead atoms. The summed E-state index contributed by atoms with van der Waals surface area (Å²) in [5.41, 5.74) is 4.27. The lowest BCUT2D eigenvalue weighted by atomic mass is 10.1. The van der Waals surface area contributed by atoms with E-state index in [0.29, 0.717) is 5.56 Å². The standard InChI is InChI=1S/C23H23N3O2/c1-4-17-10-8-9-16(2)21(17)25-22(27)18-13-14-24-20(15-18)23(28)26(3)19-11-6-5-7-12-19/h5-15H,4H2,1-3H3,(H,25,27). The van der Waals surface area contributed by atoms with Crippen LogP contribution in [0.2, 0.25) is 0 Å². The van der Waals surface area contributed by atoms with E-state index in [1.165, 1.54) is 17.2 Å². The number of para-hydroxylation sites is 2. The van der Waals surface area contributed by atoms with E-state index in [0.717, 1.165) is 28.9 Å². The molecule has 5 heteroatoms. The molecule has 0 spiro atoms. The summed E-state index contributed by atoms with van der Waals surface area (Å²) in [4.78, 5) is 31.2. The first kappa shape index (κ1) is 19.3. The van der Waals surface area contributed by atoms with Gasteiger partial charge in [0.1, 0.15) is 5.69 Å². The van der Waals surface area contributed by atoms with Gasteiger partial charge >= 0.3 is 0 Å². The average molecular weight is 373 g/mol. The van der Waals surface area contributed by atoms with Gasteiger partial charge in [0.2, 0.25) is 0 Å². The molecular formula is C23H23N3O2. The Kier molecular flexibility index (Phi) is 5.84. The SMILES string of the molecule is CCc1cccc(C)c1NC(=O)c1ccnc(C(=O)N(C)c2ccccc2)c1. The van der Waals surface area contributed by atoms with E-state index in [2.05, 4.69) is 10.3 Å². The Morgan fingerprint density at radius 3 is 2.50 bits per heavy atom. The number of hydrogen-bond acceptors (Lipinski definition) is 3. The highest BCUT2D eigenvalue weighted by Gasteiger charge is 2.17. The van der Waals surface area contributed by atoms with Crippen LogP contribution in [0.15, 0.2) is 66.9 Å². The molecule has 0 saturated carbocycles. The lowest BCUT2D eigenvalue weighted by Crippen LogP contribution is -2.27. The smallest absolute Gasteiger partial charge is 0.276 e. The maximum atomic E-state index is 12.8. The van der Waals surface area contributed by atoms with Crippen LogP contribution in [-0.2, 0) is 6.42 Å². The van der Waals surface area contributed by atoms with E-state index >= 15 is 0 Å². The third-order valence-corrected chi connectivity index (χ3v) is 4.67. The van der Waals surface area contributed by atoms with Crippen molar-refractivity contribution in [3.8, 4) is 0 Å². The number of aryl methyl sites for hydroxylation is 2. The minimum Gasteiger partial charge on any atom is -0.321 e. The summed E-state index contributed by atoms with van der Waals surface area (Å²) in [7, 11) is 1.69. The average Bonchev–Trinajstić information content (AvgIpc) is 2.74. The van der Waals surface area contributed by atoms with Crippen molar-refractivity contribution in [1.82, 2.24) is 4.98 Å². The Hall–Kier alpha value is -3.47. The summed E-state index contributed by atoms with van der Waals surface area (Å²) in [6, 6.07) is 18.4. The minimum atomic E-state index is -0.272. The molecule has 0 atom stereocenters. The van der Waals surface area contributed by atoms with E-state index in [4.69, 9.17) is 0 Å². The zero-order valence-corrected chi connectivity index (χ0v) is 16.3. The number of amides is 2. The van der Waals surface area contributed by atoms with Crippen molar-refractivity contribution in [2.45, 2.75) is 20.3 Å². The van der Waals surface area contributed by atoms with E-state index < -0.39 is 0 Å². The van der Waals surface area contributed by atoms with Crippen LogP contribution in [0.5, 0.6) is 0 Å². The number of benzene rings is 2. The molecule has 2 aromatic carbocycles. The molecule has 1 heterocycles. The van der Waals surface area contributed by atoms with Gasteiger partial charge < -0.3 is 10.2 Å². The highest BCUT2D eigenvalue weighted by molar-refractivity contribution is 6.08. The monoisotopic (exact) mass is 373 g/mol. The number of carbonyl (C=O) groups is 2. The zero-order chi connectivity index (χ0) is 20.1. The Bertz CT molecular complexity index is 1000. The second-order valence-electron chi connectivity index (χ2n) is 6.55. The van der Waals surface area contributed by atoms with Gasteiger partial charge in [0.15, 0.2) is 0 Å². The third kappa shape index (κ3) is 4.09. The van der Waals surface area contributed by atoms with Gasteiger partial charge in [-0.3, -0.25) is 14.6 Å². The van der Waals surface area contributed by atoms with Crippen molar-refractivity contribution >= 4 is 23.2 Å². The molecule has 0 aliphatic carbocycles. The van der Waals surface area contributed by atoms with Gasteiger partial charge in [0, 0.05) is 30.2 Å². The molecule has 1 aromatic heterocycles. The van der Waals surface area contributed by atoms with Crippen molar-refractivity contribution in [1.29, 1.82) is 0 Å². The van der Waals surface area contributed by atoms with Crippen LogP contribution in [0.1, 0.15) is 38.9 Å². The number of nitrogens with zero attached hydrogens (tertiary/aromatic N) is 2. The first-order valence-electron chi connectivity index (χ1n) is 9.20. The van der Waals surface area contributed by atoms with Crippen LogP contribution in [0, 0.1) is 6.92 Å². The van der Waals surface area contributed by atoms with Gasteiger partial charge in [-0.1, -0.05) is 43.3 Å². The summed E-state index contributed by atoms with van der Waals surface area (Å²) < 4.78 is 0. The van der Waals surface area contributed by atoms with Crippen molar-refractivity contribution in [2.75, 3.05) is 17.3 Å². The van der Waals surface area contributed by atoms with E-state index in [1.54, 1.807) is 13.1 Å². The lowest BCUT2D eigenvalue weighted by molar-refractivity contribution is 0.0988. The van der Waals surface area contributed by atoms with Crippen LogP contribution < -0.4 is 10.2 Å². The molecule has 1 N–H and O–H groups in total. The van der Waals surface area contributed by atoms with Crippen LogP contribution in [-0.4, -0.2) is 23.8 Å². The van der Waals surface area contributed by atoms with E-state index in [-0.39, 0.29) is 17.5 Å². The fourth-order valence-electron chi connectivity index (χ4n) is 3.02. The van der Waals surface area contributed by atoms with Gasteiger partial charge in [0.05, 0.1) is 0 Å². The Morgan fingerprint density at radius 1 is 1.04 bits per heavy atom. The molecule has 2 amide bonds. The maximum Gasteiger partial charge on any atom is 0.276 e. The van der Waals surface area contributed by atoms with Crippen molar-refractivity contribution in [2.24, 2.45) is 0 Å². The normalized spacial score (nSPS) is 10.4. The fraction of sp³-hybridized carbons (Fsp3) is 0.174. The molecule has 0 aliphatic rings. The summed E-state index contributed by atoms with van der Waals surface area (Å²) in [6.45, 7) is 4.01. The minimum absolute atomic E-state index is 0.222. The van der Waals surface area contributed by atoms with Crippen molar-refractivity contribution in [3.63, 3.8) is 0 Å². The topological polar surface area (TPSA) is 62.3 Å². The van der Waals surface area contributed by atoms with Crippen LogP contribution in [0.25, 0.3) is 0 Å². The second kappa shape index (κ2) is 8.48. The van der Waals surface area contributed by atoms with Gasteiger partial charge in [-0.15, -0.1) is 0 Å². The van der Waals surface area contributed by atoms with Gasteiger partial charge in [-0.25, -0.2) is 0 Å². The summed E-state index contributed by atoms with van der Waals surface area (Å²) in [5, 5.41) is 2.98. The van der Waals surface area contributed by atoms with Gasteiger partial charge in [-0.05, 0) is 48.7 Å². The summed E-state index contributed by atoms with van der Waals surface area (Å²) in [5.74, 6) is -0.534. The Morgan fingerprint density at radius 2 is 1.79 bits per heavy atom. The molecule has 3 rings (SSSR count). The fourth-order valence-corrected chi connectivity index (χ4v) is 3.02. The highest BCUT2D eigenvalue weighted by Crippen LogP contribution is 2.22. The maximum absolute atomic E-state index is 12.8. The van der Waals surface area contributed by atoms with Crippen LogP contribution in [0.3, 0.4) is 0 Å². The van der Waals surface area contributed by atoms with Gasteiger partial charge in [0.25, 0.3) is 11.8 Å². The van der Waals surface area contributed by atoms with Gasteiger partial charge in [-0.2, -0.15) is 0 Å². The van der Waals surface area contributed by atoms with E-state index in [1.807, 2.05) is 62.4 Å². The second-order valence-corrected chi connectivity index (χ2v) is 6.55. The number of nitrogens with one attached hydrogen (secondary N) is 1. The highest BCUT2D eigenvalue weighted by atomic mass is 16.2. The largest absolute Gasteiger partial charge is 0.321 e.